The molecule has 0 aromatic carbocycles. The van der Waals surface area contributed by atoms with Gasteiger partial charge in [0.15, 0.2) is 0 Å². The van der Waals surface area contributed by atoms with Crippen molar-refractivity contribution in [3.63, 3.8) is 0 Å². The van der Waals surface area contributed by atoms with Gasteiger partial charge in [-0.05, 0) is 13.0 Å². The van der Waals surface area contributed by atoms with E-state index in [9.17, 15) is 0 Å². The molecule has 0 saturated carbocycles. The van der Waals surface area contributed by atoms with Crippen molar-refractivity contribution in [1.29, 1.82) is 0 Å². The van der Waals surface area contributed by atoms with Crippen LogP contribution in [-0.4, -0.2) is 21.9 Å². The van der Waals surface area contributed by atoms with Crippen molar-refractivity contribution >= 4 is 11.6 Å². The van der Waals surface area contributed by atoms with E-state index >= 15 is 0 Å². The number of nitrogens with zero attached hydrogens (tertiary/aromatic N) is 3. The summed E-state index contributed by atoms with van der Waals surface area (Å²) in [6, 6.07) is 3.38. The zero-order chi connectivity index (χ0) is 13.8. The van der Waals surface area contributed by atoms with Gasteiger partial charge in [0.25, 0.3) is 0 Å². The molecule has 0 spiro atoms. The second-order valence-electron chi connectivity index (χ2n) is 3.90. The number of nitrogens with one attached hydrogen (secondary N) is 1. The number of ether oxygens (including phenoxy) is 1. The first-order chi connectivity index (χ1) is 9.22. The summed E-state index contributed by atoms with van der Waals surface area (Å²) in [5.41, 5.74) is 4.35. The summed E-state index contributed by atoms with van der Waals surface area (Å²) in [5, 5.41) is 4.76. The Kier molecular flexibility index (Phi) is 4.36. The molecule has 0 saturated heterocycles. The normalized spacial score (nSPS) is 12.4. The second-order valence-corrected chi connectivity index (χ2v) is 4.30. The molecule has 1 unspecified atom stereocenters. The SMILES string of the molecule is CCn1ncc(Cl)c1C(NN)c1cccnc1OC. The maximum Gasteiger partial charge on any atom is 0.218 e. The lowest BCUT2D eigenvalue weighted by Crippen LogP contribution is -2.31. The smallest absolute Gasteiger partial charge is 0.218 e. The fraction of sp³-hybridized carbons (Fsp3) is 0.333. The van der Waals surface area contributed by atoms with Gasteiger partial charge in [-0.1, -0.05) is 17.7 Å². The van der Waals surface area contributed by atoms with E-state index in [2.05, 4.69) is 15.5 Å². The molecule has 2 rings (SSSR count). The topological polar surface area (TPSA) is 78.0 Å². The fourth-order valence-electron chi connectivity index (χ4n) is 2.02. The minimum atomic E-state index is -0.335. The average molecular weight is 282 g/mol. The predicted octanol–water partition coefficient (Wildman–Crippen LogP) is 1.51. The van der Waals surface area contributed by atoms with Crippen LogP contribution < -0.4 is 16.0 Å². The molecule has 0 aliphatic rings. The molecule has 6 nitrogen and oxygen atoms in total. The first-order valence-electron chi connectivity index (χ1n) is 5.89. The van der Waals surface area contributed by atoms with Gasteiger partial charge in [-0.25, -0.2) is 10.4 Å². The molecule has 0 fully saturated rings. The summed E-state index contributed by atoms with van der Waals surface area (Å²) in [5.74, 6) is 6.18. The third kappa shape index (κ3) is 2.56. The third-order valence-electron chi connectivity index (χ3n) is 2.88. The number of pyridine rings is 1. The quantitative estimate of drug-likeness (QED) is 0.642. The van der Waals surface area contributed by atoms with E-state index in [1.807, 2.05) is 19.1 Å². The van der Waals surface area contributed by atoms with E-state index in [0.717, 1.165) is 11.3 Å². The lowest BCUT2D eigenvalue weighted by Gasteiger charge is -2.19. The van der Waals surface area contributed by atoms with Gasteiger partial charge in [0.1, 0.15) is 0 Å². The second kappa shape index (κ2) is 6.01. The van der Waals surface area contributed by atoms with Crippen LogP contribution >= 0.6 is 11.6 Å². The van der Waals surface area contributed by atoms with Crippen molar-refractivity contribution in [3.8, 4) is 5.88 Å². The van der Waals surface area contributed by atoms with E-state index < -0.39 is 0 Å². The van der Waals surface area contributed by atoms with Crippen LogP contribution in [-0.2, 0) is 6.54 Å². The summed E-state index contributed by atoms with van der Waals surface area (Å²) in [4.78, 5) is 4.17. The fourth-order valence-corrected chi connectivity index (χ4v) is 2.27. The predicted molar refractivity (Wildman–Crippen MR) is 72.9 cm³/mol. The molecule has 7 heteroatoms. The van der Waals surface area contributed by atoms with Gasteiger partial charge in [0.05, 0.1) is 30.1 Å². The highest BCUT2D eigenvalue weighted by molar-refractivity contribution is 6.31. The van der Waals surface area contributed by atoms with E-state index in [1.54, 1.807) is 24.2 Å². The minimum Gasteiger partial charge on any atom is -0.481 e. The molecule has 19 heavy (non-hydrogen) atoms. The van der Waals surface area contributed by atoms with E-state index in [4.69, 9.17) is 22.2 Å². The Hall–Kier alpha value is -1.63. The molecular weight excluding hydrogens is 266 g/mol. The first-order valence-corrected chi connectivity index (χ1v) is 6.26. The average Bonchev–Trinajstić information content (AvgIpc) is 2.82. The number of aromatic nitrogens is 3. The number of hydrogen-bond donors (Lipinski definition) is 2. The molecule has 2 aromatic rings. The van der Waals surface area contributed by atoms with Crippen LogP contribution in [0.2, 0.25) is 5.02 Å². The summed E-state index contributed by atoms with van der Waals surface area (Å²) < 4.78 is 7.05. The molecule has 0 radical (unpaired) electrons. The lowest BCUT2D eigenvalue weighted by molar-refractivity contribution is 0.385. The molecule has 0 aliphatic carbocycles. The Labute approximate surface area is 116 Å². The van der Waals surface area contributed by atoms with Crippen LogP contribution in [0.25, 0.3) is 0 Å². The van der Waals surface area contributed by atoms with Crippen molar-refractivity contribution < 1.29 is 4.74 Å². The number of hydrogen-bond acceptors (Lipinski definition) is 5. The number of nitrogens with two attached hydrogens (primary N) is 1. The zero-order valence-electron chi connectivity index (χ0n) is 10.8. The number of halogens is 1. The van der Waals surface area contributed by atoms with Crippen molar-refractivity contribution in [2.24, 2.45) is 5.84 Å². The molecule has 0 bridgehead atoms. The summed E-state index contributed by atoms with van der Waals surface area (Å²) in [7, 11) is 1.57. The van der Waals surface area contributed by atoms with Crippen LogP contribution in [0, 0.1) is 0 Å². The highest BCUT2D eigenvalue weighted by atomic mass is 35.5. The Morgan fingerprint density at radius 1 is 1.58 bits per heavy atom. The molecule has 0 aliphatic heterocycles. The molecule has 0 amide bonds. The number of aryl methyl sites for hydroxylation is 1. The molecule has 102 valence electrons. The van der Waals surface area contributed by atoms with Crippen LogP contribution in [0.1, 0.15) is 24.2 Å². The van der Waals surface area contributed by atoms with Crippen LogP contribution in [0.5, 0.6) is 5.88 Å². The van der Waals surface area contributed by atoms with Crippen molar-refractivity contribution in [2.75, 3.05) is 7.11 Å². The van der Waals surface area contributed by atoms with Gasteiger partial charge >= 0.3 is 0 Å². The Morgan fingerprint density at radius 2 is 2.37 bits per heavy atom. The highest BCUT2D eigenvalue weighted by Crippen LogP contribution is 2.31. The van der Waals surface area contributed by atoms with Gasteiger partial charge in [-0.2, -0.15) is 5.10 Å². The van der Waals surface area contributed by atoms with Gasteiger partial charge in [0, 0.05) is 18.3 Å². The zero-order valence-corrected chi connectivity index (χ0v) is 11.6. The summed E-state index contributed by atoms with van der Waals surface area (Å²) in [6.07, 6.45) is 3.27. The molecule has 1 atom stereocenters. The first kappa shape index (κ1) is 13.8. The van der Waals surface area contributed by atoms with E-state index in [0.29, 0.717) is 17.4 Å². The monoisotopic (exact) mass is 281 g/mol. The number of hydrazine groups is 1. The van der Waals surface area contributed by atoms with Gasteiger partial charge in [-0.15, -0.1) is 0 Å². The minimum absolute atomic E-state index is 0.335. The highest BCUT2D eigenvalue weighted by Gasteiger charge is 2.24. The lowest BCUT2D eigenvalue weighted by atomic mass is 10.1. The maximum atomic E-state index is 6.20. The van der Waals surface area contributed by atoms with Gasteiger partial charge in [-0.3, -0.25) is 10.5 Å². The number of methoxy groups -OCH3 is 1. The van der Waals surface area contributed by atoms with Crippen molar-refractivity contribution in [2.45, 2.75) is 19.5 Å². The van der Waals surface area contributed by atoms with Crippen LogP contribution in [0.15, 0.2) is 24.5 Å². The van der Waals surface area contributed by atoms with Gasteiger partial charge < -0.3 is 4.74 Å². The number of rotatable bonds is 5. The van der Waals surface area contributed by atoms with E-state index in [-0.39, 0.29) is 6.04 Å². The van der Waals surface area contributed by atoms with Crippen LogP contribution in [0.4, 0.5) is 0 Å². The van der Waals surface area contributed by atoms with Crippen molar-refractivity contribution in [3.05, 3.63) is 40.8 Å². The molecule has 2 heterocycles. The van der Waals surface area contributed by atoms with Crippen molar-refractivity contribution in [1.82, 2.24) is 20.2 Å². The van der Waals surface area contributed by atoms with Crippen LogP contribution in [0.3, 0.4) is 0 Å². The largest absolute Gasteiger partial charge is 0.481 e. The molecular formula is C12H16ClN5O. The Morgan fingerprint density at radius 3 is 3.00 bits per heavy atom. The maximum absolute atomic E-state index is 6.20. The Balaban J connectivity index is 2.53. The third-order valence-corrected chi connectivity index (χ3v) is 3.17. The summed E-state index contributed by atoms with van der Waals surface area (Å²) in [6.45, 7) is 2.68. The molecule has 3 N–H and O–H groups in total. The Bertz CT molecular complexity index is 557. The summed E-state index contributed by atoms with van der Waals surface area (Å²) >= 11 is 6.20. The van der Waals surface area contributed by atoms with Gasteiger partial charge in [0.2, 0.25) is 5.88 Å². The molecule has 2 aromatic heterocycles. The van der Waals surface area contributed by atoms with E-state index in [1.165, 1.54) is 0 Å². The standard InChI is InChI=1S/C12H16ClN5O/c1-3-18-11(9(13)7-16-18)10(17-14)8-5-4-6-15-12(8)19-2/h4-7,10,17H,3,14H2,1-2H3.